The van der Waals surface area contributed by atoms with Crippen molar-refractivity contribution in [2.24, 2.45) is 5.41 Å². The fourth-order valence-electron chi connectivity index (χ4n) is 3.21. The van der Waals surface area contributed by atoms with Gasteiger partial charge in [0.05, 0.1) is 0 Å². The third-order valence-electron chi connectivity index (χ3n) is 5.65. The van der Waals surface area contributed by atoms with Crippen molar-refractivity contribution >= 4 is 0 Å². The Morgan fingerprint density at radius 3 is 1.81 bits per heavy atom. The van der Waals surface area contributed by atoms with E-state index in [1.807, 2.05) is 0 Å². The lowest BCUT2D eigenvalue weighted by atomic mass is 9.82. The van der Waals surface area contributed by atoms with Crippen LogP contribution in [-0.4, -0.2) is 12.6 Å². The van der Waals surface area contributed by atoms with Crippen LogP contribution in [0.25, 0.3) is 0 Å². The van der Waals surface area contributed by atoms with E-state index in [0.717, 1.165) is 12.6 Å². The molecule has 118 valence electrons. The molecule has 1 heteroatoms. The van der Waals surface area contributed by atoms with Crippen molar-refractivity contribution in [3.8, 4) is 0 Å². The van der Waals surface area contributed by atoms with E-state index in [4.69, 9.17) is 0 Å². The highest BCUT2D eigenvalue weighted by Crippen LogP contribution is 2.30. The minimum absolute atomic E-state index is 0.383. The van der Waals surface area contributed by atoms with Crippen molar-refractivity contribution in [2.75, 3.05) is 6.54 Å². The SMILES string of the molecule is Cc1c(C)c(C)c(CCC(C)(C)CNC2CC2)c(C)c1C. The zero-order valence-corrected chi connectivity index (χ0v) is 15.1. The lowest BCUT2D eigenvalue weighted by Gasteiger charge is -2.27. The summed E-state index contributed by atoms with van der Waals surface area (Å²) in [7, 11) is 0. The van der Waals surface area contributed by atoms with Gasteiger partial charge in [-0.2, -0.15) is 0 Å². The average molecular weight is 287 g/mol. The fraction of sp³-hybridized carbons (Fsp3) is 0.700. The van der Waals surface area contributed by atoms with E-state index in [9.17, 15) is 0 Å². The highest BCUT2D eigenvalue weighted by molar-refractivity contribution is 5.49. The topological polar surface area (TPSA) is 12.0 Å². The Morgan fingerprint density at radius 2 is 1.33 bits per heavy atom. The van der Waals surface area contributed by atoms with E-state index >= 15 is 0 Å². The molecule has 0 bridgehead atoms. The van der Waals surface area contributed by atoms with E-state index in [-0.39, 0.29) is 0 Å². The molecule has 1 aromatic carbocycles. The highest BCUT2D eigenvalue weighted by Gasteiger charge is 2.25. The summed E-state index contributed by atoms with van der Waals surface area (Å²) in [6.07, 6.45) is 5.23. The van der Waals surface area contributed by atoms with Crippen LogP contribution in [0.4, 0.5) is 0 Å². The first-order chi connectivity index (χ1) is 9.73. The van der Waals surface area contributed by atoms with Crippen molar-refractivity contribution in [1.82, 2.24) is 5.32 Å². The Morgan fingerprint density at radius 1 is 0.857 bits per heavy atom. The van der Waals surface area contributed by atoms with Crippen molar-refractivity contribution in [1.29, 1.82) is 0 Å². The predicted molar refractivity (Wildman–Crippen MR) is 93.3 cm³/mol. The van der Waals surface area contributed by atoms with Crippen molar-refractivity contribution in [3.05, 3.63) is 33.4 Å². The zero-order valence-electron chi connectivity index (χ0n) is 15.1. The van der Waals surface area contributed by atoms with Crippen LogP contribution in [0.1, 0.15) is 66.5 Å². The van der Waals surface area contributed by atoms with Crippen molar-refractivity contribution in [2.45, 2.75) is 80.2 Å². The summed E-state index contributed by atoms with van der Waals surface area (Å²) >= 11 is 0. The normalized spacial score (nSPS) is 15.6. The molecule has 1 N–H and O–H groups in total. The molecule has 0 radical (unpaired) electrons. The van der Waals surface area contributed by atoms with Gasteiger partial charge < -0.3 is 5.32 Å². The van der Waals surface area contributed by atoms with Crippen LogP contribution in [0.5, 0.6) is 0 Å². The van der Waals surface area contributed by atoms with Crippen LogP contribution in [-0.2, 0) is 6.42 Å². The van der Waals surface area contributed by atoms with Gasteiger partial charge in [0.25, 0.3) is 0 Å². The Balaban J connectivity index is 2.08. The van der Waals surface area contributed by atoms with Crippen LogP contribution < -0.4 is 5.32 Å². The lowest BCUT2D eigenvalue weighted by Crippen LogP contribution is -2.31. The van der Waals surface area contributed by atoms with Gasteiger partial charge in [-0.25, -0.2) is 0 Å². The molecule has 0 amide bonds. The summed E-state index contributed by atoms with van der Waals surface area (Å²) in [5, 5.41) is 3.69. The quantitative estimate of drug-likeness (QED) is 0.781. The standard InChI is InChI=1S/C20H33N/c1-13-14(2)16(4)19(17(5)15(13)3)10-11-20(6,7)12-21-18-8-9-18/h18,21H,8-12H2,1-7H3. The lowest BCUT2D eigenvalue weighted by molar-refractivity contribution is 0.313. The minimum Gasteiger partial charge on any atom is -0.313 e. The molecule has 1 aliphatic rings. The van der Waals surface area contributed by atoms with Crippen LogP contribution in [0.2, 0.25) is 0 Å². The molecular weight excluding hydrogens is 254 g/mol. The second-order valence-corrected chi connectivity index (χ2v) is 7.92. The van der Waals surface area contributed by atoms with E-state index < -0.39 is 0 Å². The smallest absolute Gasteiger partial charge is 0.00684 e. The minimum atomic E-state index is 0.383. The van der Waals surface area contributed by atoms with Gasteiger partial charge in [0.1, 0.15) is 0 Å². The predicted octanol–water partition coefficient (Wildman–Crippen LogP) is 4.94. The molecule has 1 fully saturated rings. The van der Waals surface area contributed by atoms with E-state index in [1.54, 1.807) is 5.56 Å². The van der Waals surface area contributed by atoms with E-state index in [1.165, 1.54) is 53.5 Å². The Bertz CT molecular complexity index is 492. The Kier molecular flexibility index (Phi) is 4.82. The number of hydrogen-bond donors (Lipinski definition) is 1. The molecule has 21 heavy (non-hydrogen) atoms. The van der Waals surface area contributed by atoms with E-state index in [0.29, 0.717) is 5.41 Å². The zero-order chi connectivity index (χ0) is 15.8. The monoisotopic (exact) mass is 287 g/mol. The van der Waals surface area contributed by atoms with Gasteiger partial charge in [-0.15, -0.1) is 0 Å². The molecule has 0 saturated heterocycles. The van der Waals surface area contributed by atoms with Crippen molar-refractivity contribution < 1.29 is 0 Å². The van der Waals surface area contributed by atoms with Crippen LogP contribution in [0, 0.1) is 40.0 Å². The summed E-state index contributed by atoms with van der Waals surface area (Å²) in [6, 6.07) is 0.816. The average Bonchev–Trinajstić information content (AvgIpc) is 3.25. The van der Waals surface area contributed by atoms with Gasteiger partial charge in [0, 0.05) is 12.6 Å². The fourth-order valence-corrected chi connectivity index (χ4v) is 3.21. The number of nitrogens with one attached hydrogen (secondary N) is 1. The second-order valence-electron chi connectivity index (χ2n) is 7.92. The summed E-state index contributed by atoms with van der Waals surface area (Å²) in [5.74, 6) is 0. The van der Waals surface area contributed by atoms with Crippen LogP contribution in [0.3, 0.4) is 0 Å². The van der Waals surface area contributed by atoms with Crippen LogP contribution >= 0.6 is 0 Å². The molecule has 1 nitrogen and oxygen atoms in total. The molecular formula is C20H33N. The Hall–Kier alpha value is -0.820. The van der Waals surface area contributed by atoms with Crippen LogP contribution in [0.15, 0.2) is 0 Å². The maximum Gasteiger partial charge on any atom is 0.00684 e. The van der Waals surface area contributed by atoms with Gasteiger partial charge in [0.15, 0.2) is 0 Å². The summed E-state index contributed by atoms with van der Waals surface area (Å²) < 4.78 is 0. The maximum absolute atomic E-state index is 3.69. The first kappa shape index (κ1) is 16.5. The third-order valence-corrected chi connectivity index (χ3v) is 5.65. The number of rotatable bonds is 6. The third kappa shape index (κ3) is 3.88. The first-order valence-corrected chi connectivity index (χ1v) is 8.52. The molecule has 0 spiro atoms. The van der Waals surface area contributed by atoms with Gasteiger partial charge in [-0.1, -0.05) is 13.8 Å². The second kappa shape index (κ2) is 6.12. The first-order valence-electron chi connectivity index (χ1n) is 8.52. The molecule has 0 heterocycles. The molecule has 0 aliphatic heterocycles. The molecule has 2 rings (SSSR count). The Labute approximate surface area is 131 Å². The molecule has 1 aliphatic carbocycles. The van der Waals surface area contributed by atoms with Gasteiger partial charge >= 0.3 is 0 Å². The van der Waals surface area contributed by atoms with Gasteiger partial charge in [-0.05, 0) is 99.1 Å². The molecule has 0 aromatic heterocycles. The van der Waals surface area contributed by atoms with Crippen molar-refractivity contribution in [3.63, 3.8) is 0 Å². The maximum atomic E-state index is 3.69. The number of hydrogen-bond acceptors (Lipinski definition) is 1. The molecule has 1 aromatic rings. The van der Waals surface area contributed by atoms with Gasteiger partial charge in [-0.3, -0.25) is 0 Å². The highest BCUT2D eigenvalue weighted by atomic mass is 15.0. The summed E-state index contributed by atoms with van der Waals surface area (Å²) in [6.45, 7) is 17.4. The van der Waals surface area contributed by atoms with Gasteiger partial charge in [0.2, 0.25) is 0 Å². The van der Waals surface area contributed by atoms with E-state index in [2.05, 4.69) is 53.8 Å². The molecule has 0 atom stereocenters. The number of benzene rings is 1. The summed E-state index contributed by atoms with van der Waals surface area (Å²) in [4.78, 5) is 0. The largest absolute Gasteiger partial charge is 0.313 e. The molecule has 1 saturated carbocycles. The molecule has 0 unspecified atom stereocenters. The summed E-state index contributed by atoms with van der Waals surface area (Å²) in [5.41, 5.74) is 9.46.